The summed E-state index contributed by atoms with van der Waals surface area (Å²) in [7, 11) is -0.647. The molecule has 0 aliphatic carbocycles. The van der Waals surface area contributed by atoms with Gasteiger partial charge < -0.3 is 10.6 Å². The highest BCUT2D eigenvalue weighted by molar-refractivity contribution is 7.89. The van der Waals surface area contributed by atoms with Crippen molar-refractivity contribution in [1.82, 2.24) is 14.1 Å². The summed E-state index contributed by atoms with van der Waals surface area (Å²) in [6, 6.07) is 13.5. The fourth-order valence-electron chi connectivity index (χ4n) is 3.71. The van der Waals surface area contributed by atoms with Crippen LogP contribution in [0.25, 0.3) is 0 Å². The molecule has 184 valence electrons. The zero-order valence-electron chi connectivity index (χ0n) is 20.1. The van der Waals surface area contributed by atoms with Crippen molar-refractivity contribution >= 4 is 33.2 Å². The molecule has 2 amide bonds. The number of hydrogen-bond acceptors (Lipinski definition) is 6. The summed E-state index contributed by atoms with van der Waals surface area (Å²) in [4.78, 5) is 29.4. The molecule has 2 N–H and O–H groups in total. The number of hydrogen-bond donors (Lipinski definition) is 2. The third-order valence-corrected chi connectivity index (χ3v) is 7.73. The van der Waals surface area contributed by atoms with Gasteiger partial charge in [0.2, 0.25) is 21.8 Å². The smallest absolute Gasteiger partial charge is 0.242 e. The molecule has 0 spiro atoms. The van der Waals surface area contributed by atoms with Gasteiger partial charge in [-0.05, 0) is 44.2 Å². The number of piperazine rings is 1. The maximum absolute atomic E-state index is 12.8. The Bertz CT molecular complexity index is 1110. The number of carbonyl (C=O) groups is 2. The van der Waals surface area contributed by atoms with E-state index in [2.05, 4.69) is 20.4 Å². The van der Waals surface area contributed by atoms with Gasteiger partial charge in [-0.1, -0.05) is 23.8 Å². The van der Waals surface area contributed by atoms with Gasteiger partial charge in [-0.2, -0.15) is 0 Å². The Labute approximate surface area is 201 Å². The average Bonchev–Trinajstić information content (AvgIpc) is 2.80. The van der Waals surface area contributed by atoms with Crippen LogP contribution in [0.2, 0.25) is 0 Å². The third-order valence-electron chi connectivity index (χ3n) is 5.92. The van der Waals surface area contributed by atoms with Crippen LogP contribution in [0, 0.1) is 6.92 Å². The molecule has 1 atom stereocenters. The van der Waals surface area contributed by atoms with Crippen molar-refractivity contribution in [3.05, 3.63) is 54.1 Å². The topological polar surface area (TPSA) is 102 Å². The number of sulfonamides is 1. The Morgan fingerprint density at radius 2 is 1.62 bits per heavy atom. The standard InChI is InChI=1S/C24H33N5O4S/c1-18-8-10-20(11-9-18)25-23(30)17-28-12-14-29(15-13-28)19(2)24(31)26-21-6-5-7-22(16-21)34(32,33)27(3)4/h5-11,16,19H,12-15,17H2,1-4H3,(H,25,30)(H,26,31). The Hall–Kier alpha value is -2.79. The predicted molar refractivity (Wildman–Crippen MR) is 133 cm³/mol. The Balaban J connectivity index is 1.49. The minimum atomic E-state index is -3.58. The molecule has 1 aliphatic heterocycles. The molecule has 10 heteroatoms. The van der Waals surface area contributed by atoms with E-state index in [1.165, 1.54) is 26.2 Å². The quantitative estimate of drug-likeness (QED) is 0.589. The van der Waals surface area contributed by atoms with Gasteiger partial charge in [-0.15, -0.1) is 0 Å². The minimum absolute atomic E-state index is 0.0596. The van der Waals surface area contributed by atoms with Crippen LogP contribution in [0.5, 0.6) is 0 Å². The van der Waals surface area contributed by atoms with Crippen LogP contribution >= 0.6 is 0 Å². The molecule has 2 aromatic rings. The van der Waals surface area contributed by atoms with Crippen molar-refractivity contribution < 1.29 is 18.0 Å². The van der Waals surface area contributed by atoms with E-state index in [-0.39, 0.29) is 16.7 Å². The second kappa shape index (κ2) is 11.1. The van der Waals surface area contributed by atoms with Gasteiger partial charge in [0, 0.05) is 51.6 Å². The van der Waals surface area contributed by atoms with E-state index in [4.69, 9.17) is 0 Å². The summed E-state index contributed by atoms with van der Waals surface area (Å²) in [5, 5.41) is 5.74. The van der Waals surface area contributed by atoms with Crippen molar-refractivity contribution in [2.24, 2.45) is 0 Å². The Kier molecular flexibility index (Phi) is 8.42. The lowest BCUT2D eigenvalue weighted by atomic mass is 10.2. The van der Waals surface area contributed by atoms with Gasteiger partial charge in [0.25, 0.3) is 0 Å². The van der Waals surface area contributed by atoms with E-state index in [0.29, 0.717) is 38.4 Å². The lowest BCUT2D eigenvalue weighted by Gasteiger charge is -2.37. The maximum atomic E-state index is 12.8. The summed E-state index contributed by atoms with van der Waals surface area (Å²) >= 11 is 0. The lowest BCUT2D eigenvalue weighted by molar-refractivity contribution is -0.122. The van der Waals surface area contributed by atoms with Crippen LogP contribution in [0.3, 0.4) is 0 Å². The van der Waals surface area contributed by atoms with Crippen LogP contribution in [0.4, 0.5) is 11.4 Å². The molecule has 1 heterocycles. The van der Waals surface area contributed by atoms with Crippen LogP contribution < -0.4 is 10.6 Å². The predicted octanol–water partition coefficient (Wildman–Crippen LogP) is 1.83. The molecule has 1 saturated heterocycles. The normalized spacial score (nSPS) is 16.3. The first kappa shape index (κ1) is 25.8. The van der Waals surface area contributed by atoms with Crippen molar-refractivity contribution in [1.29, 1.82) is 0 Å². The molecule has 0 saturated carbocycles. The fraction of sp³-hybridized carbons (Fsp3) is 0.417. The molecule has 1 fully saturated rings. The number of nitrogens with zero attached hydrogens (tertiary/aromatic N) is 3. The summed E-state index contributed by atoms with van der Waals surface area (Å²) < 4.78 is 25.8. The number of benzene rings is 2. The largest absolute Gasteiger partial charge is 0.325 e. The van der Waals surface area contributed by atoms with Crippen molar-refractivity contribution in [3.63, 3.8) is 0 Å². The van der Waals surface area contributed by atoms with E-state index in [1.54, 1.807) is 12.1 Å². The number of anilines is 2. The van der Waals surface area contributed by atoms with Crippen molar-refractivity contribution in [2.75, 3.05) is 57.5 Å². The number of nitrogens with one attached hydrogen (secondary N) is 2. The van der Waals surface area contributed by atoms with Gasteiger partial charge in [-0.25, -0.2) is 12.7 Å². The number of rotatable bonds is 8. The molecule has 0 radical (unpaired) electrons. The lowest BCUT2D eigenvalue weighted by Crippen LogP contribution is -2.53. The minimum Gasteiger partial charge on any atom is -0.325 e. The number of carbonyl (C=O) groups excluding carboxylic acids is 2. The van der Waals surface area contributed by atoms with Gasteiger partial charge in [-0.3, -0.25) is 19.4 Å². The average molecular weight is 488 g/mol. The fourth-order valence-corrected chi connectivity index (χ4v) is 4.65. The summed E-state index contributed by atoms with van der Waals surface area (Å²) in [5.41, 5.74) is 2.35. The molecule has 1 aliphatic rings. The second-order valence-corrected chi connectivity index (χ2v) is 10.9. The van der Waals surface area contributed by atoms with E-state index in [0.717, 1.165) is 15.6 Å². The molecule has 34 heavy (non-hydrogen) atoms. The first-order valence-corrected chi connectivity index (χ1v) is 12.7. The van der Waals surface area contributed by atoms with Crippen LogP contribution in [-0.2, 0) is 19.6 Å². The molecular formula is C24H33N5O4S. The monoisotopic (exact) mass is 487 g/mol. The molecule has 9 nitrogen and oxygen atoms in total. The second-order valence-electron chi connectivity index (χ2n) is 8.71. The van der Waals surface area contributed by atoms with Gasteiger partial charge in [0.05, 0.1) is 17.5 Å². The summed E-state index contributed by atoms with van der Waals surface area (Å²) in [6.45, 7) is 6.79. The Morgan fingerprint density at radius 3 is 2.24 bits per heavy atom. The van der Waals surface area contributed by atoms with Crippen LogP contribution in [-0.4, -0.2) is 87.2 Å². The molecule has 3 rings (SSSR count). The van der Waals surface area contributed by atoms with Gasteiger partial charge in [0.1, 0.15) is 0 Å². The number of amides is 2. The molecular weight excluding hydrogens is 454 g/mol. The first-order chi connectivity index (χ1) is 16.1. The number of aryl methyl sites for hydroxylation is 1. The van der Waals surface area contributed by atoms with Crippen molar-refractivity contribution in [2.45, 2.75) is 24.8 Å². The highest BCUT2D eigenvalue weighted by Crippen LogP contribution is 2.19. The van der Waals surface area contributed by atoms with Crippen molar-refractivity contribution in [3.8, 4) is 0 Å². The highest BCUT2D eigenvalue weighted by atomic mass is 32.2. The summed E-state index contributed by atoms with van der Waals surface area (Å²) in [5.74, 6) is -0.263. The van der Waals surface area contributed by atoms with Gasteiger partial charge in [0.15, 0.2) is 0 Å². The van der Waals surface area contributed by atoms with Crippen LogP contribution in [0.15, 0.2) is 53.4 Å². The van der Waals surface area contributed by atoms with E-state index >= 15 is 0 Å². The molecule has 0 aromatic heterocycles. The first-order valence-electron chi connectivity index (χ1n) is 11.2. The molecule has 0 bridgehead atoms. The van der Waals surface area contributed by atoms with E-state index in [9.17, 15) is 18.0 Å². The SMILES string of the molecule is Cc1ccc(NC(=O)CN2CCN(C(C)C(=O)Nc3cccc(S(=O)(=O)N(C)C)c3)CC2)cc1. The van der Waals surface area contributed by atoms with Crippen LogP contribution in [0.1, 0.15) is 12.5 Å². The summed E-state index contributed by atoms with van der Waals surface area (Å²) in [6.07, 6.45) is 0. The highest BCUT2D eigenvalue weighted by Gasteiger charge is 2.27. The third kappa shape index (κ3) is 6.63. The molecule has 2 aromatic carbocycles. The van der Waals surface area contributed by atoms with E-state index < -0.39 is 16.1 Å². The zero-order chi connectivity index (χ0) is 24.9. The zero-order valence-corrected chi connectivity index (χ0v) is 20.9. The van der Waals surface area contributed by atoms with Gasteiger partial charge >= 0.3 is 0 Å². The maximum Gasteiger partial charge on any atom is 0.242 e. The van der Waals surface area contributed by atoms with E-state index in [1.807, 2.05) is 38.1 Å². The molecule has 1 unspecified atom stereocenters. The Morgan fingerprint density at radius 1 is 0.971 bits per heavy atom.